The molecule has 3 nitrogen and oxygen atoms in total. The molecule has 1 aromatic carbocycles. The topological polar surface area (TPSA) is 43.1 Å². The second-order valence-electron chi connectivity index (χ2n) is 1.73. The van der Waals surface area contributed by atoms with Crippen molar-refractivity contribution in [2.75, 3.05) is 0 Å². The van der Waals surface area contributed by atoms with Crippen molar-refractivity contribution >= 4 is 14.0 Å². The van der Waals surface area contributed by atoms with Crippen LogP contribution >= 0.6 is 8.73 Å². The molecule has 0 aliphatic heterocycles. The number of nitrogens with zero attached hydrogens (tertiary/aromatic N) is 1. The minimum Gasteiger partial charge on any atom is -1.00 e. The molecule has 6 heteroatoms. The van der Waals surface area contributed by atoms with Crippen LogP contribution in [0.2, 0.25) is 0 Å². The van der Waals surface area contributed by atoms with E-state index < -0.39 is 0 Å². The summed E-state index contributed by atoms with van der Waals surface area (Å²) in [6, 6.07) is 8.94. The van der Waals surface area contributed by atoms with Crippen LogP contribution in [0.15, 0.2) is 30.3 Å². The maximum atomic E-state index is 9.99. The van der Waals surface area contributed by atoms with E-state index in [0.29, 0.717) is 0 Å². The van der Waals surface area contributed by atoms with Gasteiger partial charge in [-0.25, -0.2) is 0 Å². The zero-order valence-corrected chi connectivity index (χ0v) is 12.2. The van der Waals surface area contributed by atoms with Crippen molar-refractivity contribution in [2.24, 2.45) is 0 Å². The van der Waals surface area contributed by atoms with Crippen LogP contribution in [0.4, 0.5) is 0 Å². The van der Waals surface area contributed by atoms with Crippen molar-refractivity contribution < 1.29 is 66.7 Å². The molecule has 0 bridgehead atoms. The first-order chi connectivity index (χ1) is 4.79. The van der Waals surface area contributed by atoms with Gasteiger partial charge >= 0.3 is 59.1 Å². The van der Waals surface area contributed by atoms with Crippen molar-refractivity contribution in [2.45, 2.75) is 0 Å². The van der Waals surface area contributed by atoms with E-state index in [4.69, 9.17) is 0 Å². The molecule has 0 saturated heterocycles. The molecular weight excluding hydrogens is 195 g/mol. The standard InChI is InChI=1S/C6H6NO2P.2Na.2H/c8-7(9)10-6-4-2-1-3-5-6;;;;/h1-5,10H;;;;/q;2*+1;2*-1. The van der Waals surface area contributed by atoms with Crippen LogP contribution in [0.3, 0.4) is 0 Å². The first-order valence-corrected chi connectivity index (χ1v) is 3.70. The summed E-state index contributed by atoms with van der Waals surface area (Å²) in [5.41, 5.74) is 0. The molecule has 0 fully saturated rings. The van der Waals surface area contributed by atoms with Gasteiger partial charge in [0.2, 0.25) is 0 Å². The Balaban J connectivity index is -0.000000125. The Morgan fingerprint density at radius 1 is 1.25 bits per heavy atom. The average Bonchev–Trinajstić information content (AvgIpc) is 1.88. The van der Waals surface area contributed by atoms with Crippen LogP contribution in [-0.4, -0.2) is 4.69 Å². The molecule has 0 radical (unpaired) electrons. The SMILES string of the molecule is O=[N+]([O-])Pc1ccccc1.[H-].[H-].[Na+].[Na+]. The number of hydrogen-bond acceptors (Lipinski definition) is 2. The van der Waals surface area contributed by atoms with Crippen LogP contribution in [0.1, 0.15) is 2.85 Å². The molecule has 1 atom stereocenters. The van der Waals surface area contributed by atoms with E-state index in [1.165, 1.54) is 0 Å². The molecule has 0 amide bonds. The van der Waals surface area contributed by atoms with Gasteiger partial charge in [-0.15, -0.1) is 0 Å². The Morgan fingerprint density at radius 2 is 1.75 bits per heavy atom. The molecular formula is C6H8NNa2O2P. The molecule has 1 rings (SSSR count). The summed E-state index contributed by atoms with van der Waals surface area (Å²) in [5.74, 6) is 0. The van der Waals surface area contributed by atoms with Gasteiger partial charge in [-0.1, -0.05) is 18.2 Å². The van der Waals surface area contributed by atoms with Crippen LogP contribution in [0, 0.1) is 10.1 Å². The summed E-state index contributed by atoms with van der Waals surface area (Å²) in [4.78, 5) is 9.99. The van der Waals surface area contributed by atoms with E-state index in [2.05, 4.69) is 0 Å². The molecule has 0 saturated carbocycles. The Bertz CT molecular complexity index is 241. The molecule has 0 N–H and O–H groups in total. The van der Waals surface area contributed by atoms with Gasteiger partial charge in [-0.3, -0.25) is 10.1 Å². The van der Waals surface area contributed by atoms with E-state index in [0.717, 1.165) is 5.30 Å². The molecule has 0 aliphatic rings. The zero-order valence-electron chi connectivity index (χ0n) is 9.15. The van der Waals surface area contributed by atoms with Gasteiger partial charge in [0.15, 0.2) is 0 Å². The van der Waals surface area contributed by atoms with Crippen molar-refractivity contribution in [3.05, 3.63) is 40.4 Å². The third kappa shape index (κ3) is 6.55. The zero-order chi connectivity index (χ0) is 7.40. The minimum absolute atomic E-state index is 0. The third-order valence-electron chi connectivity index (χ3n) is 0.994. The predicted molar refractivity (Wildman–Crippen MR) is 43.6 cm³/mol. The van der Waals surface area contributed by atoms with Gasteiger partial charge in [0.05, 0.1) is 0 Å². The molecule has 0 aromatic heterocycles. The van der Waals surface area contributed by atoms with E-state index >= 15 is 0 Å². The molecule has 0 aliphatic carbocycles. The number of rotatable bonds is 2. The van der Waals surface area contributed by atoms with Gasteiger partial charge in [0.1, 0.15) is 0 Å². The first-order valence-electron chi connectivity index (χ1n) is 2.75. The van der Waals surface area contributed by atoms with E-state index in [-0.39, 0.29) is 75.4 Å². The van der Waals surface area contributed by atoms with Crippen molar-refractivity contribution in [1.82, 2.24) is 0 Å². The van der Waals surface area contributed by atoms with E-state index in [1.54, 1.807) is 24.3 Å². The summed E-state index contributed by atoms with van der Waals surface area (Å²) < 4.78 is -0.310. The van der Waals surface area contributed by atoms with E-state index in [1.807, 2.05) is 6.07 Å². The van der Waals surface area contributed by atoms with Gasteiger partial charge in [0.25, 0.3) is 8.73 Å². The summed E-state index contributed by atoms with van der Waals surface area (Å²) in [7, 11) is -0.317. The number of benzene rings is 1. The maximum Gasteiger partial charge on any atom is 1.00 e. The molecule has 1 aromatic rings. The van der Waals surface area contributed by atoms with Crippen molar-refractivity contribution in [1.29, 1.82) is 0 Å². The monoisotopic (exact) mass is 203 g/mol. The minimum atomic E-state index is -0.317. The Labute approximate surface area is 120 Å². The largest absolute Gasteiger partial charge is 1.00 e. The summed E-state index contributed by atoms with van der Waals surface area (Å²) in [6.45, 7) is 0. The van der Waals surface area contributed by atoms with Gasteiger partial charge in [0, 0.05) is 10.00 Å². The van der Waals surface area contributed by atoms with Crippen LogP contribution in [0.5, 0.6) is 0 Å². The second kappa shape index (κ2) is 8.64. The molecule has 56 valence electrons. The number of nitro groups is 1. The molecule has 12 heavy (non-hydrogen) atoms. The summed E-state index contributed by atoms with van der Waals surface area (Å²) in [5, 5.41) is 10.8. The summed E-state index contributed by atoms with van der Waals surface area (Å²) >= 11 is 0. The van der Waals surface area contributed by atoms with E-state index in [9.17, 15) is 10.1 Å². The van der Waals surface area contributed by atoms with Crippen LogP contribution in [-0.2, 0) is 0 Å². The second-order valence-corrected chi connectivity index (χ2v) is 2.90. The first kappa shape index (κ1) is 15.5. The third-order valence-corrected chi connectivity index (χ3v) is 1.77. The van der Waals surface area contributed by atoms with Crippen molar-refractivity contribution in [3.63, 3.8) is 0 Å². The predicted octanol–water partition coefficient (Wildman–Crippen LogP) is -4.58. The van der Waals surface area contributed by atoms with Gasteiger partial charge < -0.3 is 2.85 Å². The van der Waals surface area contributed by atoms with Crippen LogP contribution in [0.25, 0.3) is 0 Å². The molecule has 0 spiro atoms. The Morgan fingerprint density at radius 3 is 2.17 bits per heavy atom. The van der Waals surface area contributed by atoms with Crippen molar-refractivity contribution in [3.8, 4) is 0 Å². The normalized spacial score (nSPS) is 8.67. The Hall–Kier alpha value is 1.05. The fourth-order valence-corrected chi connectivity index (χ4v) is 1.17. The summed E-state index contributed by atoms with van der Waals surface area (Å²) in [6.07, 6.45) is 0. The van der Waals surface area contributed by atoms with Crippen LogP contribution < -0.4 is 64.4 Å². The quantitative estimate of drug-likeness (QED) is 0.210. The fraction of sp³-hybridized carbons (Fsp3) is 0. The van der Waals surface area contributed by atoms with Gasteiger partial charge in [-0.2, -0.15) is 0 Å². The fourth-order valence-electron chi connectivity index (χ4n) is 0.618. The molecule has 1 unspecified atom stereocenters. The number of hydrogen-bond donors (Lipinski definition) is 0. The smallest absolute Gasteiger partial charge is 1.00 e. The van der Waals surface area contributed by atoms with Gasteiger partial charge in [-0.05, 0) is 12.1 Å². The maximum absolute atomic E-state index is 9.99. The molecule has 0 heterocycles. The Kier molecular flexibility index (Phi) is 11.2. The average molecular weight is 203 g/mol.